The molecule has 2 saturated heterocycles. The van der Waals surface area contributed by atoms with Crippen LogP contribution in [0.25, 0.3) is 5.57 Å². The van der Waals surface area contributed by atoms with E-state index in [-0.39, 0.29) is 29.8 Å². The first-order valence-corrected chi connectivity index (χ1v) is 9.88. The molecule has 2 fully saturated rings. The topological polar surface area (TPSA) is 34.3 Å². The molecule has 0 amide bonds. The smallest absolute Gasteiger partial charge is 0.112 e. The molecule has 1 aromatic rings. The molecule has 0 spiro atoms. The van der Waals surface area contributed by atoms with Gasteiger partial charge in [0, 0.05) is 5.41 Å². The van der Waals surface area contributed by atoms with E-state index in [0.717, 1.165) is 19.3 Å². The molecule has 3 nitrogen and oxygen atoms in total. The van der Waals surface area contributed by atoms with Gasteiger partial charge < -0.3 is 14.2 Å². The van der Waals surface area contributed by atoms with Gasteiger partial charge in [0.25, 0.3) is 0 Å². The summed E-state index contributed by atoms with van der Waals surface area (Å²) in [4.78, 5) is 0. The lowest BCUT2D eigenvalue weighted by Crippen LogP contribution is -2.32. The minimum Gasteiger partial charge on any atom is -0.376 e. The maximum Gasteiger partial charge on any atom is 0.112 e. The van der Waals surface area contributed by atoms with Gasteiger partial charge in [-0.15, -0.1) is 13.2 Å². The van der Waals surface area contributed by atoms with Crippen LogP contribution in [-0.2, 0) is 20.6 Å². The predicted octanol–water partition coefficient (Wildman–Crippen LogP) is 4.56. The van der Waals surface area contributed by atoms with Crippen LogP contribution < -0.4 is 0 Å². The fraction of sp³-hybridized carbons (Fsp3) is 0.417. The van der Waals surface area contributed by atoms with E-state index in [2.05, 4.69) is 49.6 Å². The van der Waals surface area contributed by atoms with Crippen LogP contribution in [0.4, 0.5) is 0 Å². The second-order valence-corrected chi connectivity index (χ2v) is 8.00. The molecule has 1 aromatic carbocycles. The zero-order valence-corrected chi connectivity index (χ0v) is 15.6. The molecule has 5 unspecified atom stereocenters. The summed E-state index contributed by atoms with van der Waals surface area (Å²) in [5.74, 6) is 0. The van der Waals surface area contributed by atoms with E-state index in [1.807, 2.05) is 12.2 Å². The van der Waals surface area contributed by atoms with Crippen LogP contribution >= 0.6 is 0 Å². The monoisotopic (exact) mass is 362 g/mol. The molecule has 5 atom stereocenters. The molecule has 1 aliphatic carbocycles. The van der Waals surface area contributed by atoms with E-state index in [1.54, 1.807) is 0 Å². The molecule has 0 saturated carbocycles. The molecule has 0 aromatic heterocycles. The quantitative estimate of drug-likeness (QED) is 0.582. The number of hydrogen-bond acceptors (Lipinski definition) is 3. The highest BCUT2D eigenvalue weighted by Gasteiger charge is 2.57. The normalized spacial score (nSPS) is 36.1. The average molecular weight is 362 g/mol. The van der Waals surface area contributed by atoms with Crippen molar-refractivity contribution < 1.29 is 14.2 Å². The van der Waals surface area contributed by atoms with Gasteiger partial charge in [0.1, 0.15) is 18.3 Å². The third kappa shape index (κ3) is 2.85. The Kier molecular flexibility index (Phi) is 4.19. The Hall–Kier alpha value is -1.94. The number of fused-ring (bicyclic) bond motifs is 7. The minimum atomic E-state index is -0.0825. The van der Waals surface area contributed by atoms with Crippen LogP contribution in [0.3, 0.4) is 0 Å². The molecule has 0 N–H and O–H groups in total. The number of hydrogen-bond donors (Lipinski definition) is 0. The second-order valence-electron chi connectivity index (χ2n) is 8.00. The predicted molar refractivity (Wildman–Crippen MR) is 106 cm³/mol. The molecular weight excluding hydrogens is 336 g/mol. The molecule has 3 heteroatoms. The largest absolute Gasteiger partial charge is 0.376 e. The summed E-state index contributed by atoms with van der Waals surface area (Å²) >= 11 is 0. The Morgan fingerprint density at radius 1 is 1.11 bits per heavy atom. The first kappa shape index (κ1) is 17.2. The molecule has 0 radical (unpaired) electrons. The summed E-state index contributed by atoms with van der Waals surface area (Å²) in [7, 11) is 0. The van der Waals surface area contributed by atoms with Gasteiger partial charge >= 0.3 is 0 Å². The summed E-state index contributed by atoms with van der Waals surface area (Å²) in [6.07, 6.45) is 14.1. The van der Waals surface area contributed by atoms with Crippen molar-refractivity contribution in [1.29, 1.82) is 0 Å². The number of allylic oxidation sites excluding steroid dienone is 5. The Morgan fingerprint density at radius 2 is 2.00 bits per heavy atom. The Bertz CT molecular complexity index is 832. The summed E-state index contributed by atoms with van der Waals surface area (Å²) in [5, 5.41) is 0. The van der Waals surface area contributed by atoms with E-state index in [1.165, 1.54) is 22.3 Å². The fourth-order valence-corrected chi connectivity index (χ4v) is 4.89. The Morgan fingerprint density at radius 3 is 2.85 bits per heavy atom. The number of epoxide rings is 2. The molecule has 3 aliphatic heterocycles. The van der Waals surface area contributed by atoms with Crippen molar-refractivity contribution in [2.24, 2.45) is 5.41 Å². The van der Waals surface area contributed by atoms with E-state index in [0.29, 0.717) is 13.2 Å². The van der Waals surface area contributed by atoms with Crippen molar-refractivity contribution in [1.82, 2.24) is 0 Å². The van der Waals surface area contributed by atoms with Gasteiger partial charge in [0.2, 0.25) is 0 Å². The SMILES string of the molecule is C=CCc1ccc2c(c1)C1=CC=CCC1(CC=C)C1OC1COCC1OC21. The van der Waals surface area contributed by atoms with E-state index >= 15 is 0 Å². The van der Waals surface area contributed by atoms with Crippen LogP contribution in [-0.4, -0.2) is 31.5 Å². The van der Waals surface area contributed by atoms with E-state index < -0.39 is 0 Å². The van der Waals surface area contributed by atoms with Crippen LogP contribution in [0.15, 0.2) is 61.7 Å². The Labute approximate surface area is 161 Å². The van der Waals surface area contributed by atoms with Gasteiger partial charge in [-0.25, -0.2) is 0 Å². The number of rotatable bonds is 4. The summed E-state index contributed by atoms with van der Waals surface area (Å²) < 4.78 is 18.1. The third-order valence-corrected chi connectivity index (χ3v) is 6.29. The van der Waals surface area contributed by atoms with Gasteiger partial charge in [-0.3, -0.25) is 0 Å². The summed E-state index contributed by atoms with van der Waals surface area (Å²) in [6.45, 7) is 9.25. The van der Waals surface area contributed by atoms with Gasteiger partial charge in [0.15, 0.2) is 0 Å². The summed E-state index contributed by atoms with van der Waals surface area (Å²) in [5.41, 5.74) is 5.12. The third-order valence-electron chi connectivity index (χ3n) is 6.29. The minimum absolute atomic E-state index is 0.0825. The van der Waals surface area contributed by atoms with Crippen LogP contribution in [0, 0.1) is 5.41 Å². The standard InChI is InChI=1S/C24H26O3/c1-3-7-16-9-10-17-18(13-16)19-8-5-6-12-24(19,11-4-2)23-21(27-23)15-25-14-20-22(17)26-20/h3-6,8-10,13,20-23H,1-2,7,11-12,14-15H2. The maximum atomic E-state index is 6.15. The lowest BCUT2D eigenvalue weighted by atomic mass is 9.66. The average Bonchev–Trinajstić information content (AvgIpc) is 3.58. The van der Waals surface area contributed by atoms with Crippen LogP contribution in [0.2, 0.25) is 0 Å². The maximum absolute atomic E-state index is 6.15. The zero-order chi connectivity index (χ0) is 18.4. The fourth-order valence-electron chi connectivity index (χ4n) is 4.89. The highest BCUT2D eigenvalue weighted by atomic mass is 16.6. The lowest BCUT2D eigenvalue weighted by Gasteiger charge is -2.37. The van der Waals surface area contributed by atoms with Crippen molar-refractivity contribution in [3.63, 3.8) is 0 Å². The molecule has 3 heterocycles. The van der Waals surface area contributed by atoms with Crippen molar-refractivity contribution in [2.45, 2.75) is 43.7 Å². The molecule has 5 rings (SSSR count). The highest BCUT2D eigenvalue weighted by molar-refractivity contribution is 5.77. The number of benzene rings is 1. The van der Waals surface area contributed by atoms with Gasteiger partial charge in [-0.2, -0.15) is 0 Å². The van der Waals surface area contributed by atoms with Crippen molar-refractivity contribution in [3.8, 4) is 0 Å². The van der Waals surface area contributed by atoms with Crippen LogP contribution in [0.5, 0.6) is 0 Å². The molecule has 140 valence electrons. The van der Waals surface area contributed by atoms with Crippen LogP contribution in [0.1, 0.15) is 35.6 Å². The molecule has 27 heavy (non-hydrogen) atoms. The van der Waals surface area contributed by atoms with Crippen molar-refractivity contribution in [3.05, 3.63) is 78.4 Å². The van der Waals surface area contributed by atoms with E-state index in [9.17, 15) is 0 Å². The highest BCUT2D eigenvalue weighted by Crippen LogP contribution is 2.56. The first-order valence-electron chi connectivity index (χ1n) is 9.88. The summed E-state index contributed by atoms with van der Waals surface area (Å²) in [6, 6.07) is 6.76. The lowest BCUT2D eigenvalue weighted by molar-refractivity contribution is 0.101. The van der Waals surface area contributed by atoms with E-state index in [4.69, 9.17) is 14.2 Å². The van der Waals surface area contributed by atoms with Gasteiger partial charge in [-0.05, 0) is 41.5 Å². The molecule has 0 bridgehead atoms. The molecular formula is C24H26O3. The van der Waals surface area contributed by atoms with Gasteiger partial charge in [-0.1, -0.05) is 48.6 Å². The van der Waals surface area contributed by atoms with Crippen molar-refractivity contribution >= 4 is 5.57 Å². The van der Waals surface area contributed by atoms with Crippen molar-refractivity contribution in [2.75, 3.05) is 13.2 Å². The Balaban J connectivity index is 1.68. The second kappa shape index (κ2) is 6.59. The number of ether oxygens (including phenoxy) is 3. The van der Waals surface area contributed by atoms with Gasteiger partial charge in [0.05, 0.1) is 19.3 Å². The zero-order valence-electron chi connectivity index (χ0n) is 15.6. The molecule has 4 aliphatic rings. The first-order chi connectivity index (χ1) is 13.3.